The summed E-state index contributed by atoms with van der Waals surface area (Å²) < 4.78 is 15.3. The molecule has 146 valence electrons. The second-order valence-corrected chi connectivity index (χ2v) is 6.98. The van der Waals surface area contributed by atoms with Crippen LogP contribution in [-0.4, -0.2) is 28.8 Å². The van der Waals surface area contributed by atoms with Crippen molar-refractivity contribution >= 4 is 17.4 Å². The molecule has 0 radical (unpaired) electrons. The lowest BCUT2D eigenvalue weighted by Gasteiger charge is -2.33. The zero-order chi connectivity index (χ0) is 20.2. The highest BCUT2D eigenvalue weighted by atomic mass is 19.1. The molecule has 1 saturated heterocycles. The molecule has 0 atom stereocenters. The zero-order valence-corrected chi connectivity index (χ0v) is 15.8. The van der Waals surface area contributed by atoms with Crippen molar-refractivity contribution in [3.63, 3.8) is 0 Å². The number of amides is 1. The summed E-state index contributed by atoms with van der Waals surface area (Å²) in [6.07, 6.45) is 3.01. The Bertz CT molecular complexity index is 1060. The molecular weight excluding hydrogens is 369 g/mol. The minimum atomic E-state index is -0.376. The Labute approximate surface area is 168 Å². The van der Waals surface area contributed by atoms with E-state index in [-0.39, 0.29) is 17.6 Å². The number of para-hydroxylation sites is 2. The summed E-state index contributed by atoms with van der Waals surface area (Å²) in [5.74, 6) is -0.190. The van der Waals surface area contributed by atoms with Crippen LogP contribution in [-0.2, 0) is 4.79 Å². The molecule has 0 bridgehead atoms. The Morgan fingerprint density at radius 2 is 1.76 bits per heavy atom. The van der Waals surface area contributed by atoms with E-state index in [0.717, 1.165) is 5.69 Å². The molecule has 3 aromatic rings. The Kier molecular flexibility index (Phi) is 5.25. The van der Waals surface area contributed by atoms with Gasteiger partial charge in [-0.3, -0.25) is 4.79 Å². The van der Waals surface area contributed by atoms with Crippen LogP contribution in [0.5, 0.6) is 0 Å². The number of nitriles is 1. The normalized spacial score (nSPS) is 14.4. The number of halogens is 1. The lowest BCUT2D eigenvalue weighted by Crippen LogP contribution is -2.38. The van der Waals surface area contributed by atoms with Crippen molar-refractivity contribution in [2.24, 2.45) is 5.92 Å². The van der Waals surface area contributed by atoms with Crippen molar-refractivity contribution in [1.82, 2.24) is 9.78 Å². The summed E-state index contributed by atoms with van der Waals surface area (Å²) in [6, 6.07) is 17.7. The fourth-order valence-corrected chi connectivity index (χ4v) is 3.62. The van der Waals surface area contributed by atoms with Gasteiger partial charge in [0.15, 0.2) is 5.82 Å². The smallest absolute Gasteiger partial charge is 0.228 e. The van der Waals surface area contributed by atoms with E-state index in [0.29, 0.717) is 43.0 Å². The average Bonchev–Trinajstić information content (AvgIpc) is 3.22. The SMILES string of the molecule is N#Cc1ccccc1N1CCC(C(=O)Nc2ccn(-c3ccccc3F)n2)CC1. The molecule has 4 rings (SSSR count). The van der Waals surface area contributed by atoms with E-state index in [1.807, 2.05) is 18.2 Å². The van der Waals surface area contributed by atoms with Gasteiger partial charge in [-0.05, 0) is 37.1 Å². The molecule has 0 spiro atoms. The predicted molar refractivity (Wildman–Crippen MR) is 108 cm³/mol. The number of nitrogens with zero attached hydrogens (tertiary/aromatic N) is 4. The first kappa shape index (κ1) is 18.7. The van der Waals surface area contributed by atoms with Gasteiger partial charge >= 0.3 is 0 Å². The van der Waals surface area contributed by atoms with E-state index in [2.05, 4.69) is 21.4 Å². The summed E-state index contributed by atoms with van der Waals surface area (Å²) in [7, 11) is 0. The Balaban J connectivity index is 1.37. The minimum Gasteiger partial charge on any atom is -0.370 e. The first-order valence-electron chi connectivity index (χ1n) is 9.51. The Morgan fingerprint density at radius 1 is 1.07 bits per heavy atom. The topological polar surface area (TPSA) is 74.0 Å². The molecule has 7 heteroatoms. The maximum Gasteiger partial charge on any atom is 0.228 e. The average molecular weight is 389 g/mol. The van der Waals surface area contributed by atoms with Crippen LogP contribution in [0.25, 0.3) is 5.69 Å². The van der Waals surface area contributed by atoms with Crippen LogP contribution in [0.3, 0.4) is 0 Å². The van der Waals surface area contributed by atoms with E-state index in [4.69, 9.17) is 0 Å². The van der Waals surface area contributed by atoms with Gasteiger partial charge in [0.25, 0.3) is 0 Å². The van der Waals surface area contributed by atoms with Gasteiger partial charge in [-0.1, -0.05) is 24.3 Å². The quantitative estimate of drug-likeness (QED) is 0.738. The minimum absolute atomic E-state index is 0.0861. The highest BCUT2D eigenvalue weighted by Crippen LogP contribution is 2.26. The van der Waals surface area contributed by atoms with Gasteiger partial charge in [-0.2, -0.15) is 5.26 Å². The number of benzene rings is 2. The van der Waals surface area contributed by atoms with Gasteiger partial charge in [-0.25, -0.2) is 9.07 Å². The van der Waals surface area contributed by atoms with E-state index in [1.165, 1.54) is 10.7 Å². The summed E-state index contributed by atoms with van der Waals surface area (Å²) in [6.45, 7) is 1.42. The fraction of sp³-hybridized carbons (Fsp3) is 0.227. The van der Waals surface area contributed by atoms with Crippen molar-refractivity contribution in [2.75, 3.05) is 23.3 Å². The summed E-state index contributed by atoms with van der Waals surface area (Å²) >= 11 is 0. The standard InChI is InChI=1S/C22H20FN5O/c23-18-6-2-4-8-20(18)28-14-11-21(26-28)25-22(29)16-9-12-27(13-10-16)19-7-3-1-5-17(19)15-24/h1-8,11,14,16H,9-10,12-13H2,(H,25,26,29). The summed E-state index contributed by atoms with van der Waals surface area (Å²) in [4.78, 5) is 14.8. The van der Waals surface area contributed by atoms with Crippen LogP contribution in [0.1, 0.15) is 18.4 Å². The third-order valence-corrected chi connectivity index (χ3v) is 5.17. The van der Waals surface area contributed by atoms with Gasteiger partial charge in [0.1, 0.15) is 17.6 Å². The third-order valence-electron chi connectivity index (χ3n) is 5.17. The molecule has 1 aromatic heterocycles. The second kappa shape index (κ2) is 8.15. The number of piperidine rings is 1. The predicted octanol–water partition coefficient (Wildman–Crippen LogP) is 3.74. The number of carbonyl (C=O) groups is 1. The molecule has 0 unspecified atom stereocenters. The second-order valence-electron chi connectivity index (χ2n) is 6.98. The monoisotopic (exact) mass is 389 g/mol. The number of anilines is 2. The number of nitrogens with one attached hydrogen (secondary N) is 1. The molecule has 0 aliphatic carbocycles. The lowest BCUT2D eigenvalue weighted by atomic mass is 9.95. The Morgan fingerprint density at radius 3 is 2.48 bits per heavy atom. The molecule has 1 N–H and O–H groups in total. The third kappa shape index (κ3) is 3.97. The number of hydrogen-bond donors (Lipinski definition) is 1. The van der Waals surface area contributed by atoms with E-state index >= 15 is 0 Å². The molecule has 1 fully saturated rings. The largest absolute Gasteiger partial charge is 0.370 e. The van der Waals surface area contributed by atoms with Crippen molar-refractivity contribution in [3.05, 3.63) is 72.2 Å². The van der Waals surface area contributed by atoms with E-state index in [9.17, 15) is 14.4 Å². The van der Waals surface area contributed by atoms with Gasteiger partial charge in [0, 0.05) is 31.3 Å². The van der Waals surface area contributed by atoms with Crippen molar-refractivity contribution < 1.29 is 9.18 Å². The molecule has 2 aromatic carbocycles. The zero-order valence-electron chi connectivity index (χ0n) is 15.8. The van der Waals surface area contributed by atoms with Gasteiger partial charge in [0.05, 0.1) is 11.3 Å². The van der Waals surface area contributed by atoms with Gasteiger partial charge in [-0.15, -0.1) is 5.10 Å². The molecule has 2 heterocycles. The highest BCUT2D eigenvalue weighted by molar-refractivity contribution is 5.91. The van der Waals surface area contributed by atoms with Crippen LogP contribution >= 0.6 is 0 Å². The molecule has 0 saturated carbocycles. The summed E-state index contributed by atoms with van der Waals surface area (Å²) in [5, 5.41) is 16.4. The maximum atomic E-state index is 13.9. The number of rotatable bonds is 4. The number of carbonyl (C=O) groups excluding carboxylic acids is 1. The fourth-order valence-electron chi connectivity index (χ4n) is 3.62. The van der Waals surface area contributed by atoms with Crippen LogP contribution in [0.2, 0.25) is 0 Å². The van der Waals surface area contributed by atoms with Crippen LogP contribution in [0, 0.1) is 23.1 Å². The van der Waals surface area contributed by atoms with Gasteiger partial charge in [0.2, 0.25) is 5.91 Å². The molecular formula is C22H20FN5O. The highest BCUT2D eigenvalue weighted by Gasteiger charge is 2.26. The molecule has 1 amide bonds. The van der Waals surface area contributed by atoms with Crippen LogP contribution in [0.15, 0.2) is 60.8 Å². The first-order valence-corrected chi connectivity index (χ1v) is 9.51. The molecule has 1 aliphatic heterocycles. The van der Waals surface area contributed by atoms with Crippen LogP contribution in [0.4, 0.5) is 15.9 Å². The van der Waals surface area contributed by atoms with Gasteiger partial charge < -0.3 is 10.2 Å². The van der Waals surface area contributed by atoms with Crippen molar-refractivity contribution in [3.8, 4) is 11.8 Å². The molecule has 1 aliphatic rings. The van der Waals surface area contributed by atoms with Crippen LogP contribution < -0.4 is 10.2 Å². The lowest BCUT2D eigenvalue weighted by molar-refractivity contribution is -0.120. The van der Waals surface area contributed by atoms with E-state index in [1.54, 1.807) is 36.5 Å². The number of hydrogen-bond acceptors (Lipinski definition) is 4. The molecule has 6 nitrogen and oxygen atoms in total. The molecule has 29 heavy (non-hydrogen) atoms. The Hall–Kier alpha value is -3.66. The number of aromatic nitrogens is 2. The first-order chi connectivity index (χ1) is 14.2. The van der Waals surface area contributed by atoms with Crippen molar-refractivity contribution in [2.45, 2.75) is 12.8 Å². The van der Waals surface area contributed by atoms with Crippen molar-refractivity contribution in [1.29, 1.82) is 5.26 Å². The summed E-state index contributed by atoms with van der Waals surface area (Å²) in [5.41, 5.74) is 1.89. The van der Waals surface area contributed by atoms with E-state index < -0.39 is 0 Å². The maximum absolute atomic E-state index is 13.9.